The van der Waals surface area contributed by atoms with Crippen molar-refractivity contribution < 1.29 is 9.53 Å². The molecule has 2 aromatic rings. The molecule has 136 valence electrons. The first-order valence-electron chi connectivity index (χ1n) is 9.03. The average molecular weight is 352 g/mol. The van der Waals surface area contributed by atoms with E-state index in [1.165, 1.54) is 11.1 Å². The minimum atomic E-state index is 0.120. The maximum absolute atomic E-state index is 12.3. The van der Waals surface area contributed by atoms with Gasteiger partial charge in [-0.3, -0.25) is 4.79 Å². The molecular formula is C20H24N4O2. The van der Waals surface area contributed by atoms with E-state index in [2.05, 4.69) is 46.1 Å². The summed E-state index contributed by atoms with van der Waals surface area (Å²) in [6.45, 7) is 6.30. The molecule has 2 aliphatic rings. The van der Waals surface area contributed by atoms with Crippen molar-refractivity contribution in [2.75, 3.05) is 31.6 Å². The van der Waals surface area contributed by atoms with E-state index in [-0.39, 0.29) is 11.9 Å². The van der Waals surface area contributed by atoms with Crippen LogP contribution < -0.4 is 9.64 Å². The number of fused-ring (bicyclic) bond motifs is 1. The number of rotatable bonds is 3. The Morgan fingerprint density at radius 3 is 2.73 bits per heavy atom. The number of anilines is 1. The highest BCUT2D eigenvalue weighted by Crippen LogP contribution is 2.46. The van der Waals surface area contributed by atoms with Gasteiger partial charge in [-0.1, -0.05) is 24.3 Å². The first kappa shape index (κ1) is 16.8. The molecular weight excluding hydrogens is 328 g/mol. The molecule has 6 nitrogen and oxygen atoms in total. The van der Waals surface area contributed by atoms with Crippen LogP contribution in [0.4, 0.5) is 5.95 Å². The Labute approximate surface area is 153 Å². The van der Waals surface area contributed by atoms with Gasteiger partial charge >= 0.3 is 0 Å². The van der Waals surface area contributed by atoms with Crippen molar-refractivity contribution in [1.29, 1.82) is 0 Å². The number of aryl methyl sites for hydroxylation is 1. The second kappa shape index (κ2) is 6.59. The van der Waals surface area contributed by atoms with Gasteiger partial charge in [0.05, 0.1) is 13.2 Å². The number of likely N-dealkylation sites (tertiary alicyclic amines) is 1. The lowest BCUT2D eigenvalue weighted by Gasteiger charge is -2.30. The Hall–Kier alpha value is -2.63. The van der Waals surface area contributed by atoms with Crippen molar-refractivity contribution >= 4 is 11.9 Å². The molecule has 2 saturated heterocycles. The summed E-state index contributed by atoms with van der Waals surface area (Å²) in [6.07, 6.45) is 1.73. The Morgan fingerprint density at radius 2 is 2.00 bits per heavy atom. The van der Waals surface area contributed by atoms with Crippen LogP contribution in [0.25, 0.3) is 0 Å². The molecule has 0 spiro atoms. The molecule has 0 unspecified atom stereocenters. The molecule has 0 radical (unpaired) electrons. The monoisotopic (exact) mass is 352 g/mol. The van der Waals surface area contributed by atoms with Crippen LogP contribution in [-0.4, -0.2) is 47.5 Å². The lowest BCUT2D eigenvalue weighted by atomic mass is 9.87. The van der Waals surface area contributed by atoms with E-state index in [9.17, 15) is 4.79 Å². The van der Waals surface area contributed by atoms with Crippen LogP contribution in [0.15, 0.2) is 36.5 Å². The molecule has 0 aliphatic carbocycles. The van der Waals surface area contributed by atoms with Crippen molar-refractivity contribution in [3.05, 3.63) is 47.7 Å². The molecule has 0 saturated carbocycles. The molecule has 26 heavy (non-hydrogen) atoms. The van der Waals surface area contributed by atoms with Crippen LogP contribution in [0, 0.1) is 18.8 Å². The predicted octanol–water partition coefficient (Wildman–Crippen LogP) is 2.45. The standard InChI is InChI=1S/C20H24N4O2/c1-13-6-4-5-7-16(13)19-17-12-23(10-15(17)11-24(19)14(2)25)20-21-9-8-18(22-20)26-3/h4-9,15,17,19H,10-12H2,1-3H3/t15-,17-,19-/m1/s1. The molecule has 4 rings (SSSR count). The van der Waals surface area contributed by atoms with Crippen molar-refractivity contribution in [2.45, 2.75) is 19.9 Å². The van der Waals surface area contributed by atoms with E-state index in [0.717, 1.165) is 19.6 Å². The third-order valence-electron chi connectivity index (χ3n) is 5.69. The number of benzene rings is 1. The third kappa shape index (κ3) is 2.79. The van der Waals surface area contributed by atoms with E-state index in [4.69, 9.17) is 4.74 Å². The lowest BCUT2D eigenvalue weighted by molar-refractivity contribution is -0.130. The van der Waals surface area contributed by atoms with Crippen molar-refractivity contribution in [2.24, 2.45) is 11.8 Å². The lowest BCUT2D eigenvalue weighted by Crippen LogP contribution is -2.35. The number of carbonyl (C=O) groups is 1. The fraction of sp³-hybridized carbons (Fsp3) is 0.450. The number of amides is 1. The summed E-state index contributed by atoms with van der Waals surface area (Å²) in [5.74, 6) is 2.24. The largest absolute Gasteiger partial charge is 0.481 e. The van der Waals surface area contributed by atoms with Crippen LogP contribution in [0.3, 0.4) is 0 Å². The van der Waals surface area contributed by atoms with Gasteiger partial charge < -0.3 is 14.5 Å². The van der Waals surface area contributed by atoms with Gasteiger partial charge in [-0.25, -0.2) is 4.98 Å². The normalized spacial score (nSPS) is 24.7. The molecule has 1 amide bonds. The zero-order chi connectivity index (χ0) is 18.3. The molecule has 2 fully saturated rings. The van der Waals surface area contributed by atoms with Crippen LogP contribution in [0.5, 0.6) is 5.88 Å². The number of aromatic nitrogens is 2. The zero-order valence-corrected chi connectivity index (χ0v) is 15.4. The van der Waals surface area contributed by atoms with Gasteiger partial charge in [0.15, 0.2) is 0 Å². The van der Waals surface area contributed by atoms with E-state index < -0.39 is 0 Å². The minimum absolute atomic E-state index is 0.120. The number of hydrogen-bond acceptors (Lipinski definition) is 5. The van der Waals surface area contributed by atoms with Crippen molar-refractivity contribution in [3.63, 3.8) is 0 Å². The van der Waals surface area contributed by atoms with Crippen LogP contribution >= 0.6 is 0 Å². The van der Waals surface area contributed by atoms with Crippen molar-refractivity contribution in [3.8, 4) is 5.88 Å². The van der Waals surface area contributed by atoms with Gasteiger partial charge in [0.1, 0.15) is 0 Å². The fourth-order valence-corrected chi connectivity index (χ4v) is 4.45. The van der Waals surface area contributed by atoms with Gasteiger partial charge in [0.25, 0.3) is 0 Å². The van der Waals surface area contributed by atoms with Gasteiger partial charge in [-0.15, -0.1) is 0 Å². The smallest absolute Gasteiger partial charge is 0.228 e. The van der Waals surface area contributed by atoms with E-state index in [1.807, 2.05) is 4.90 Å². The molecule has 1 aromatic heterocycles. The maximum atomic E-state index is 12.3. The fourth-order valence-electron chi connectivity index (χ4n) is 4.45. The van der Waals surface area contributed by atoms with Gasteiger partial charge in [-0.05, 0) is 18.1 Å². The quantitative estimate of drug-likeness (QED) is 0.849. The molecule has 3 heterocycles. The molecule has 2 aliphatic heterocycles. The molecule has 6 heteroatoms. The summed E-state index contributed by atoms with van der Waals surface area (Å²) in [5.41, 5.74) is 2.49. The van der Waals surface area contributed by atoms with Gasteiger partial charge in [0, 0.05) is 50.7 Å². The van der Waals surface area contributed by atoms with Gasteiger partial charge in [0.2, 0.25) is 17.7 Å². The Kier molecular flexibility index (Phi) is 4.26. The molecule has 3 atom stereocenters. The van der Waals surface area contributed by atoms with Crippen LogP contribution in [0.2, 0.25) is 0 Å². The maximum Gasteiger partial charge on any atom is 0.228 e. The number of nitrogens with zero attached hydrogens (tertiary/aromatic N) is 4. The average Bonchev–Trinajstić information content (AvgIpc) is 3.20. The predicted molar refractivity (Wildman–Crippen MR) is 99.1 cm³/mol. The van der Waals surface area contributed by atoms with E-state index in [1.54, 1.807) is 26.3 Å². The van der Waals surface area contributed by atoms with Crippen molar-refractivity contribution in [1.82, 2.24) is 14.9 Å². The summed E-state index contributed by atoms with van der Waals surface area (Å²) < 4.78 is 5.23. The highest BCUT2D eigenvalue weighted by Gasteiger charge is 2.49. The van der Waals surface area contributed by atoms with E-state index >= 15 is 0 Å². The Balaban J connectivity index is 1.64. The zero-order valence-electron chi connectivity index (χ0n) is 15.4. The summed E-state index contributed by atoms with van der Waals surface area (Å²) >= 11 is 0. The molecule has 0 bridgehead atoms. The minimum Gasteiger partial charge on any atom is -0.481 e. The number of carbonyl (C=O) groups excluding carboxylic acids is 1. The Bertz CT molecular complexity index is 825. The van der Waals surface area contributed by atoms with E-state index in [0.29, 0.717) is 23.7 Å². The second-order valence-corrected chi connectivity index (χ2v) is 7.20. The third-order valence-corrected chi connectivity index (χ3v) is 5.69. The summed E-state index contributed by atoms with van der Waals surface area (Å²) in [5, 5.41) is 0. The Morgan fingerprint density at radius 1 is 1.19 bits per heavy atom. The topological polar surface area (TPSA) is 58.6 Å². The second-order valence-electron chi connectivity index (χ2n) is 7.20. The SMILES string of the molecule is COc1ccnc(N2C[C@@H]3CN(C(C)=O)[C@H](c4ccccc4C)[C@@H]3C2)n1. The summed E-state index contributed by atoms with van der Waals surface area (Å²) in [4.78, 5) is 25.4. The number of ether oxygens (including phenoxy) is 1. The van der Waals surface area contributed by atoms with Crippen LogP contribution in [-0.2, 0) is 4.79 Å². The molecule has 0 N–H and O–H groups in total. The summed E-state index contributed by atoms with van der Waals surface area (Å²) in [7, 11) is 1.61. The summed E-state index contributed by atoms with van der Waals surface area (Å²) in [6, 6.07) is 10.3. The number of methoxy groups -OCH3 is 1. The first-order chi connectivity index (χ1) is 12.6. The highest BCUT2D eigenvalue weighted by molar-refractivity contribution is 5.74. The number of hydrogen-bond donors (Lipinski definition) is 0. The molecule has 1 aromatic carbocycles. The van der Waals surface area contributed by atoms with Crippen LogP contribution in [0.1, 0.15) is 24.1 Å². The highest BCUT2D eigenvalue weighted by atomic mass is 16.5. The van der Waals surface area contributed by atoms with Gasteiger partial charge in [-0.2, -0.15) is 4.98 Å². The first-order valence-corrected chi connectivity index (χ1v) is 9.03.